The first kappa shape index (κ1) is 9.99. The van der Waals surface area contributed by atoms with Gasteiger partial charge in [-0.25, -0.2) is 4.98 Å². The first-order valence-corrected chi connectivity index (χ1v) is 4.93. The van der Waals surface area contributed by atoms with Gasteiger partial charge in [-0.05, 0) is 35.4 Å². The van der Waals surface area contributed by atoms with Crippen molar-refractivity contribution in [2.75, 3.05) is 7.11 Å². The Morgan fingerprint density at radius 1 is 1.13 bits per heavy atom. The van der Waals surface area contributed by atoms with Gasteiger partial charge >= 0.3 is 0 Å². The molecule has 1 heterocycles. The lowest BCUT2D eigenvalue weighted by molar-refractivity contribution is 0.415. The Balaban J connectivity index is 2.44. The van der Waals surface area contributed by atoms with Crippen molar-refractivity contribution >= 4 is 11.6 Å². The third-order valence-corrected chi connectivity index (χ3v) is 2.34. The van der Waals surface area contributed by atoms with Crippen molar-refractivity contribution in [1.29, 1.82) is 0 Å². The number of hydrogen-bond acceptors (Lipinski definition) is 2. The van der Waals surface area contributed by atoms with Gasteiger partial charge in [0.2, 0.25) is 0 Å². The number of halogens is 1. The molecule has 0 fully saturated rings. The summed E-state index contributed by atoms with van der Waals surface area (Å²) in [4.78, 5) is 3.94. The fraction of sp³-hybridized carbons (Fsp3) is 0.0833. The van der Waals surface area contributed by atoms with E-state index in [0.29, 0.717) is 5.15 Å². The van der Waals surface area contributed by atoms with Gasteiger partial charge in [0.25, 0.3) is 0 Å². The van der Waals surface area contributed by atoms with Gasteiger partial charge < -0.3 is 4.74 Å². The summed E-state index contributed by atoms with van der Waals surface area (Å²) < 4.78 is 5.16. The number of methoxy groups -OCH3 is 1. The van der Waals surface area contributed by atoms with Crippen molar-refractivity contribution < 1.29 is 4.74 Å². The predicted octanol–water partition coefficient (Wildman–Crippen LogP) is 3.41. The number of benzene rings is 1. The van der Waals surface area contributed by atoms with Crippen LogP contribution < -0.4 is 4.74 Å². The minimum Gasteiger partial charge on any atom is -0.497 e. The van der Waals surface area contributed by atoms with Crippen molar-refractivity contribution in [3.05, 3.63) is 47.7 Å². The zero-order valence-corrected chi connectivity index (χ0v) is 9.03. The average molecular weight is 220 g/mol. The Labute approximate surface area is 93.5 Å². The van der Waals surface area contributed by atoms with Crippen LogP contribution in [0, 0.1) is 0 Å². The van der Waals surface area contributed by atoms with E-state index < -0.39 is 0 Å². The molecule has 2 aromatic rings. The molecule has 0 spiro atoms. The summed E-state index contributed by atoms with van der Waals surface area (Å²) in [5, 5.41) is 0.496. The molecule has 15 heavy (non-hydrogen) atoms. The Bertz CT molecular complexity index is 471. The van der Waals surface area contributed by atoms with Crippen LogP contribution in [0.15, 0.2) is 42.6 Å². The fourth-order valence-corrected chi connectivity index (χ4v) is 1.56. The molecule has 0 aliphatic heterocycles. The summed E-state index contributed by atoms with van der Waals surface area (Å²) in [5.74, 6) is 0.834. The Hall–Kier alpha value is -1.54. The van der Waals surface area contributed by atoms with Crippen LogP contribution in [0.2, 0.25) is 5.15 Å². The van der Waals surface area contributed by atoms with Crippen molar-refractivity contribution in [3.8, 4) is 16.9 Å². The molecular formula is C12H10ClNO. The second-order valence-corrected chi connectivity index (χ2v) is 3.49. The maximum Gasteiger partial charge on any atom is 0.129 e. The monoisotopic (exact) mass is 219 g/mol. The van der Waals surface area contributed by atoms with Gasteiger partial charge in [-0.15, -0.1) is 0 Å². The van der Waals surface area contributed by atoms with Crippen LogP contribution in [0.3, 0.4) is 0 Å². The fourth-order valence-electron chi connectivity index (χ4n) is 1.38. The number of ether oxygens (including phenoxy) is 1. The highest BCUT2D eigenvalue weighted by Crippen LogP contribution is 2.24. The van der Waals surface area contributed by atoms with Crippen LogP contribution in [0.25, 0.3) is 11.1 Å². The summed E-state index contributed by atoms with van der Waals surface area (Å²) in [6, 6.07) is 11.6. The lowest BCUT2D eigenvalue weighted by Gasteiger charge is -2.04. The van der Waals surface area contributed by atoms with Crippen LogP contribution in [0.5, 0.6) is 5.75 Å². The van der Waals surface area contributed by atoms with Crippen LogP contribution in [0.1, 0.15) is 0 Å². The van der Waals surface area contributed by atoms with E-state index in [0.717, 1.165) is 16.9 Å². The molecule has 0 saturated carbocycles. The minimum absolute atomic E-state index is 0.496. The van der Waals surface area contributed by atoms with Gasteiger partial charge in [-0.2, -0.15) is 0 Å². The van der Waals surface area contributed by atoms with E-state index in [1.165, 1.54) is 0 Å². The molecule has 0 amide bonds. The van der Waals surface area contributed by atoms with Crippen LogP contribution in [-0.2, 0) is 0 Å². The first-order valence-electron chi connectivity index (χ1n) is 4.55. The Kier molecular flexibility index (Phi) is 2.88. The summed E-state index contributed by atoms with van der Waals surface area (Å²) in [7, 11) is 1.65. The van der Waals surface area contributed by atoms with Gasteiger partial charge in [0.15, 0.2) is 0 Å². The molecule has 0 N–H and O–H groups in total. The maximum absolute atomic E-state index is 5.83. The zero-order valence-electron chi connectivity index (χ0n) is 8.27. The first-order chi connectivity index (χ1) is 7.29. The largest absolute Gasteiger partial charge is 0.497 e. The van der Waals surface area contributed by atoms with Crippen molar-refractivity contribution in [2.45, 2.75) is 0 Å². The molecule has 76 valence electrons. The molecule has 0 atom stereocenters. The number of aromatic nitrogens is 1. The quantitative estimate of drug-likeness (QED) is 0.723. The third kappa shape index (κ3) is 2.28. The second-order valence-electron chi connectivity index (χ2n) is 3.10. The van der Waals surface area contributed by atoms with E-state index in [2.05, 4.69) is 4.98 Å². The smallest absolute Gasteiger partial charge is 0.129 e. The molecule has 2 rings (SSSR count). The van der Waals surface area contributed by atoms with Gasteiger partial charge in [-0.3, -0.25) is 0 Å². The Morgan fingerprint density at radius 3 is 2.67 bits per heavy atom. The van der Waals surface area contributed by atoms with E-state index in [1.54, 1.807) is 13.3 Å². The number of rotatable bonds is 2. The van der Waals surface area contributed by atoms with Crippen molar-refractivity contribution in [2.24, 2.45) is 0 Å². The molecule has 2 nitrogen and oxygen atoms in total. The van der Waals surface area contributed by atoms with Crippen LogP contribution in [0.4, 0.5) is 0 Å². The molecule has 1 aromatic heterocycles. The normalized spacial score (nSPS) is 10.0. The van der Waals surface area contributed by atoms with Gasteiger partial charge in [-0.1, -0.05) is 23.7 Å². The van der Waals surface area contributed by atoms with Gasteiger partial charge in [0.1, 0.15) is 10.9 Å². The third-order valence-electron chi connectivity index (χ3n) is 2.13. The SMILES string of the molecule is COc1cccc(-c2ccnc(Cl)c2)c1. The molecule has 0 bridgehead atoms. The zero-order chi connectivity index (χ0) is 10.7. The molecule has 1 aromatic carbocycles. The second kappa shape index (κ2) is 4.32. The van der Waals surface area contributed by atoms with E-state index in [4.69, 9.17) is 16.3 Å². The van der Waals surface area contributed by atoms with E-state index in [9.17, 15) is 0 Å². The number of pyridine rings is 1. The van der Waals surface area contributed by atoms with Crippen molar-refractivity contribution in [3.63, 3.8) is 0 Å². The Morgan fingerprint density at radius 2 is 1.93 bits per heavy atom. The maximum atomic E-state index is 5.83. The predicted molar refractivity (Wildman–Crippen MR) is 61.2 cm³/mol. The molecular weight excluding hydrogens is 210 g/mol. The van der Waals surface area contributed by atoms with E-state index in [1.807, 2.05) is 36.4 Å². The summed E-state index contributed by atoms with van der Waals surface area (Å²) in [6.45, 7) is 0. The summed E-state index contributed by atoms with van der Waals surface area (Å²) >= 11 is 5.83. The summed E-state index contributed by atoms with van der Waals surface area (Å²) in [6.07, 6.45) is 1.69. The van der Waals surface area contributed by atoms with Gasteiger partial charge in [0, 0.05) is 6.20 Å². The molecule has 0 aliphatic carbocycles. The number of nitrogens with zero attached hydrogens (tertiary/aromatic N) is 1. The van der Waals surface area contributed by atoms with Crippen molar-refractivity contribution in [1.82, 2.24) is 4.98 Å². The minimum atomic E-state index is 0.496. The molecule has 3 heteroatoms. The molecule has 0 unspecified atom stereocenters. The average Bonchev–Trinajstić information content (AvgIpc) is 2.29. The van der Waals surface area contributed by atoms with Gasteiger partial charge in [0.05, 0.1) is 7.11 Å². The number of hydrogen-bond donors (Lipinski definition) is 0. The highest BCUT2D eigenvalue weighted by molar-refractivity contribution is 6.29. The lowest BCUT2D eigenvalue weighted by atomic mass is 10.1. The van der Waals surface area contributed by atoms with E-state index >= 15 is 0 Å². The topological polar surface area (TPSA) is 22.1 Å². The van der Waals surface area contributed by atoms with Crippen LogP contribution >= 0.6 is 11.6 Å². The highest BCUT2D eigenvalue weighted by Gasteiger charge is 2.00. The van der Waals surface area contributed by atoms with Crippen LogP contribution in [-0.4, -0.2) is 12.1 Å². The van der Waals surface area contributed by atoms with E-state index in [-0.39, 0.29) is 0 Å². The lowest BCUT2D eigenvalue weighted by Crippen LogP contribution is -1.84. The summed E-state index contributed by atoms with van der Waals surface area (Å²) in [5.41, 5.74) is 2.10. The standard InChI is InChI=1S/C12H10ClNO/c1-15-11-4-2-3-9(7-11)10-5-6-14-12(13)8-10/h2-8H,1H3. The molecule has 0 radical (unpaired) electrons. The molecule has 0 saturated heterocycles. The molecule has 0 aliphatic rings. The highest BCUT2D eigenvalue weighted by atomic mass is 35.5.